The van der Waals surface area contributed by atoms with Crippen LogP contribution in [0.25, 0.3) is 0 Å². The molecule has 0 saturated carbocycles. The first-order chi connectivity index (χ1) is 9.44. The van der Waals surface area contributed by atoms with E-state index in [2.05, 4.69) is 0 Å². The molecule has 0 amide bonds. The van der Waals surface area contributed by atoms with Gasteiger partial charge in [-0.15, -0.1) is 0 Å². The van der Waals surface area contributed by atoms with E-state index in [1.165, 1.54) is 6.08 Å². The SMILES string of the molecule is COc1ccc([C@@H](C[N+](=O)[O-])[C@]2(C)C=CC(=O)O2)cc1. The molecule has 0 bridgehead atoms. The maximum absolute atomic E-state index is 11.3. The van der Waals surface area contributed by atoms with Crippen LogP contribution in [0.2, 0.25) is 0 Å². The predicted octanol–water partition coefficient (Wildman–Crippen LogP) is 1.93. The van der Waals surface area contributed by atoms with Crippen LogP contribution in [-0.2, 0) is 9.53 Å². The first-order valence-corrected chi connectivity index (χ1v) is 6.12. The number of carbonyl (C=O) groups excluding carboxylic acids is 1. The Morgan fingerprint density at radius 1 is 1.40 bits per heavy atom. The van der Waals surface area contributed by atoms with Crippen molar-refractivity contribution in [1.29, 1.82) is 0 Å². The van der Waals surface area contributed by atoms with Gasteiger partial charge in [0.05, 0.1) is 13.0 Å². The van der Waals surface area contributed by atoms with Crippen molar-refractivity contribution in [1.82, 2.24) is 0 Å². The summed E-state index contributed by atoms with van der Waals surface area (Å²) in [6.07, 6.45) is 2.88. The molecule has 0 aromatic heterocycles. The number of nitro groups is 1. The normalized spacial score (nSPS) is 22.4. The van der Waals surface area contributed by atoms with Crippen molar-refractivity contribution < 1.29 is 19.2 Å². The third kappa shape index (κ3) is 2.79. The summed E-state index contributed by atoms with van der Waals surface area (Å²) >= 11 is 0. The largest absolute Gasteiger partial charge is 0.497 e. The quantitative estimate of drug-likeness (QED) is 0.467. The molecule has 2 rings (SSSR count). The van der Waals surface area contributed by atoms with Gasteiger partial charge in [-0.2, -0.15) is 0 Å². The number of nitrogens with zero attached hydrogens (tertiary/aromatic N) is 1. The molecule has 0 fully saturated rings. The minimum atomic E-state index is -1.00. The second kappa shape index (κ2) is 5.32. The third-order valence-electron chi connectivity index (χ3n) is 3.41. The van der Waals surface area contributed by atoms with Gasteiger partial charge >= 0.3 is 5.97 Å². The molecule has 0 radical (unpaired) electrons. The number of methoxy groups -OCH3 is 1. The first-order valence-electron chi connectivity index (χ1n) is 6.12. The Kier molecular flexibility index (Phi) is 3.74. The molecular weight excluding hydrogens is 262 g/mol. The van der Waals surface area contributed by atoms with Gasteiger partial charge in [-0.05, 0) is 30.7 Å². The van der Waals surface area contributed by atoms with Crippen molar-refractivity contribution >= 4 is 5.97 Å². The van der Waals surface area contributed by atoms with Crippen molar-refractivity contribution in [2.45, 2.75) is 18.4 Å². The van der Waals surface area contributed by atoms with Crippen molar-refractivity contribution in [2.24, 2.45) is 0 Å². The Labute approximate surface area is 116 Å². The summed E-state index contributed by atoms with van der Waals surface area (Å²) in [6, 6.07) is 6.95. The summed E-state index contributed by atoms with van der Waals surface area (Å²) in [4.78, 5) is 21.8. The van der Waals surface area contributed by atoms with Gasteiger partial charge in [0.25, 0.3) is 0 Å². The van der Waals surface area contributed by atoms with Crippen molar-refractivity contribution in [2.75, 3.05) is 13.7 Å². The fourth-order valence-electron chi connectivity index (χ4n) is 2.31. The van der Waals surface area contributed by atoms with Gasteiger partial charge in [0.2, 0.25) is 6.54 Å². The molecule has 1 heterocycles. The average Bonchev–Trinajstić information content (AvgIpc) is 2.77. The fraction of sp³-hybridized carbons (Fsp3) is 0.357. The van der Waals surface area contributed by atoms with Crippen molar-refractivity contribution in [3.63, 3.8) is 0 Å². The molecule has 0 unspecified atom stereocenters. The van der Waals surface area contributed by atoms with Gasteiger partial charge in [0.1, 0.15) is 11.4 Å². The van der Waals surface area contributed by atoms with E-state index in [0.717, 1.165) is 5.56 Å². The topological polar surface area (TPSA) is 78.7 Å². The molecule has 1 aliphatic rings. The zero-order valence-corrected chi connectivity index (χ0v) is 11.2. The molecule has 6 nitrogen and oxygen atoms in total. The molecule has 2 atom stereocenters. The number of esters is 1. The number of ether oxygens (including phenoxy) is 2. The summed E-state index contributed by atoms with van der Waals surface area (Å²) in [7, 11) is 1.55. The van der Waals surface area contributed by atoms with E-state index < -0.39 is 22.4 Å². The van der Waals surface area contributed by atoms with Gasteiger partial charge < -0.3 is 9.47 Å². The molecule has 0 aliphatic carbocycles. The maximum Gasteiger partial charge on any atom is 0.331 e. The lowest BCUT2D eigenvalue weighted by Gasteiger charge is -2.29. The highest BCUT2D eigenvalue weighted by Crippen LogP contribution is 2.36. The van der Waals surface area contributed by atoms with Crippen LogP contribution in [0.15, 0.2) is 36.4 Å². The van der Waals surface area contributed by atoms with Crippen LogP contribution in [0, 0.1) is 10.1 Å². The minimum absolute atomic E-state index is 0.319. The van der Waals surface area contributed by atoms with E-state index in [9.17, 15) is 14.9 Å². The summed E-state index contributed by atoms with van der Waals surface area (Å²) in [5.74, 6) is -0.363. The molecule has 0 N–H and O–H groups in total. The van der Waals surface area contributed by atoms with E-state index >= 15 is 0 Å². The van der Waals surface area contributed by atoms with Crippen molar-refractivity contribution in [3.8, 4) is 5.75 Å². The van der Waals surface area contributed by atoms with Crippen LogP contribution < -0.4 is 4.74 Å². The minimum Gasteiger partial charge on any atom is -0.497 e. The zero-order valence-electron chi connectivity index (χ0n) is 11.2. The molecule has 6 heteroatoms. The van der Waals surface area contributed by atoms with Gasteiger partial charge in [-0.3, -0.25) is 10.1 Å². The Morgan fingerprint density at radius 2 is 2.05 bits per heavy atom. The Morgan fingerprint density at radius 3 is 2.50 bits per heavy atom. The second-order valence-corrected chi connectivity index (χ2v) is 4.78. The lowest BCUT2D eigenvalue weighted by Crippen LogP contribution is -2.36. The maximum atomic E-state index is 11.3. The predicted molar refractivity (Wildman–Crippen MR) is 71.2 cm³/mol. The van der Waals surface area contributed by atoms with E-state index in [1.54, 1.807) is 44.4 Å². The van der Waals surface area contributed by atoms with E-state index in [4.69, 9.17) is 9.47 Å². The Hall–Kier alpha value is -2.37. The average molecular weight is 277 g/mol. The van der Waals surface area contributed by atoms with Crippen LogP contribution in [0.3, 0.4) is 0 Å². The molecule has 0 spiro atoms. The molecule has 20 heavy (non-hydrogen) atoms. The lowest BCUT2D eigenvalue weighted by atomic mass is 9.83. The van der Waals surface area contributed by atoms with Gasteiger partial charge in [-0.1, -0.05) is 12.1 Å². The van der Waals surface area contributed by atoms with E-state index in [-0.39, 0.29) is 6.54 Å². The number of cyclic esters (lactones) is 1. The fourth-order valence-corrected chi connectivity index (χ4v) is 2.31. The van der Waals surface area contributed by atoms with Gasteiger partial charge in [0, 0.05) is 11.0 Å². The Bertz CT molecular complexity index is 551. The molecule has 1 aromatic rings. The summed E-state index contributed by atoms with van der Waals surface area (Å²) < 4.78 is 10.3. The van der Waals surface area contributed by atoms with Crippen molar-refractivity contribution in [3.05, 3.63) is 52.1 Å². The number of hydrogen-bond acceptors (Lipinski definition) is 5. The summed E-state index contributed by atoms with van der Waals surface area (Å²) in [5, 5.41) is 10.9. The van der Waals surface area contributed by atoms with Crippen LogP contribution in [-0.4, -0.2) is 30.1 Å². The lowest BCUT2D eigenvalue weighted by molar-refractivity contribution is -0.486. The number of carbonyl (C=O) groups is 1. The van der Waals surface area contributed by atoms with E-state index in [1.807, 2.05) is 0 Å². The van der Waals surface area contributed by atoms with E-state index in [0.29, 0.717) is 5.75 Å². The highest BCUT2D eigenvalue weighted by Gasteiger charge is 2.42. The summed E-state index contributed by atoms with van der Waals surface area (Å²) in [5.41, 5.74) is -0.275. The molecule has 1 aliphatic heterocycles. The van der Waals surface area contributed by atoms with Crippen LogP contribution in [0.4, 0.5) is 0 Å². The van der Waals surface area contributed by atoms with Crippen LogP contribution in [0.1, 0.15) is 18.4 Å². The molecule has 106 valence electrons. The highest BCUT2D eigenvalue weighted by molar-refractivity contribution is 5.85. The third-order valence-corrected chi connectivity index (χ3v) is 3.41. The van der Waals surface area contributed by atoms with Gasteiger partial charge in [-0.25, -0.2) is 4.79 Å². The first kappa shape index (κ1) is 14.0. The second-order valence-electron chi connectivity index (χ2n) is 4.78. The molecular formula is C14H15NO5. The van der Waals surface area contributed by atoms with Crippen LogP contribution in [0.5, 0.6) is 5.75 Å². The van der Waals surface area contributed by atoms with Gasteiger partial charge in [0.15, 0.2) is 0 Å². The smallest absolute Gasteiger partial charge is 0.331 e. The Balaban J connectivity index is 2.34. The summed E-state index contributed by atoms with van der Waals surface area (Å²) in [6.45, 7) is 1.35. The number of hydrogen-bond donors (Lipinski definition) is 0. The number of benzene rings is 1. The number of rotatable bonds is 5. The molecule has 1 aromatic carbocycles. The monoisotopic (exact) mass is 277 g/mol. The zero-order chi connectivity index (χ0) is 14.8. The van der Waals surface area contributed by atoms with Crippen LogP contribution >= 0.6 is 0 Å². The molecule has 0 saturated heterocycles. The standard InChI is InChI=1S/C14H15NO5/c1-14(8-7-13(16)20-14)12(9-15(17)18)10-3-5-11(19-2)6-4-10/h3-8,12H,9H2,1-2H3/t12-,14+/m1/s1. The highest BCUT2D eigenvalue weighted by atomic mass is 16.6.